The number of aryl methyl sites for hydroxylation is 1. The quantitative estimate of drug-likeness (QED) is 0.518. The van der Waals surface area contributed by atoms with E-state index in [1.54, 1.807) is 38.1 Å². The van der Waals surface area contributed by atoms with Gasteiger partial charge < -0.3 is 19.5 Å². The van der Waals surface area contributed by atoms with Crippen LogP contribution in [-0.2, 0) is 19.1 Å². The summed E-state index contributed by atoms with van der Waals surface area (Å²) in [7, 11) is 0. The van der Waals surface area contributed by atoms with Crippen molar-refractivity contribution in [2.45, 2.75) is 26.7 Å². The Labute approximate surface area is 195 Å². The number of rotatable bonds is 6. The summed E-state index contributed by atoms with van der Waals surface area (Å²) >= 11 is 1.28. The summed E-state index contributed by atoms with van der Waals surface area (Å²) in [4.78, 5) is 38.9. The van der Waals surface area contributed by atoms with Gasteiger partial charge in [0.15, 0.2) is 6.61 Å². The Bertz CT molecular complexity index is 1190. The summed E-state index contributed by atoms with van der Waals surface area (Å²) in [5.41, 5.74) is 2.43. The molecule has 0 spiro atoms. The Balaban J connectivity index is 1.49. The van der Waals surface area contributed by atoms with Crippen molar-refractivity contribution in [1.82, 2.24) is 0 Å². The molecule has 0 aliphatic carbocycles. The molecular formula is C25H23NO6S. The number of nitrogens with one attached hydrogen (secondary N) is 1. The van der Waals surface area contributed by atoms with Gasteiger partial charge in [0.2, 0.25) is 0 Å². The van der Waals surface area contributed by atoms with Crippen molar-refractivity contribution < 1.29 is 28.6 Å². The molecule has 1 amide bonds. The molecule has 3 aromatic rings. The van der Waals surface area contributed by atoms with E-state index < -0.39 is 30.4 Å². The zero-order valence-corrected chi connectivity index (χ0v) is 19.3. The van der Waals surface area contributed by atoms with Gasteiger partial charge in [-0.3, -0.25) is 9.59 Å². The Morgan fingerprint density at radius 1 is 0.970 bits per heavy atom. The first-order valence-electron chi connectivity index (χ1n) is 10.5. The highest BCUT2D eigenvalue weighted by molar-refractivity contribution is 7.16. The SMILES string of the molecule is CCOC(=O)c1c(NC(=O)COC(=O)C2c3ccccc3Oc3ccccc32)sc(C)c1C. The van der Waals surface area contributed by atoms with Crippen LogP contribution in [-0.4, -0.2) is 31.1 Å². The summed E-state index contributed by atoms with van der Waals surface area (Å²) < 4.78 is 16.4. The maximum absolute atomic E-state index is 13.1. The van der Waals surface area contributed by atoms with Crippen molar-refractivity contribution >= 4 is 34.2 Å². The van der Waals surface area contributed by atoms with E-state index in [9.17, 15) is 14.4 Å². The van der Waals surface area contributed by atoms with Gasteiger partial charge in [0, 0.05) is 16.0 Å². The molecule has 1 N–H and O–H groups in total. The van der Waals surface area contributed by atoms with E-state index >= 15 is 0 Å². The molecule has 0 unspecified atom stereocenters. The van der Waals surface area contributed by atoms with Gasteiger partial charge >= 0.3 is 11.9 Å². The van der Waals surface area contributed by atoms with Crippen LogP contribution >= 0.6 is 11.3 Å². The fourth-order valence-electron chi connectivity index (χ4n) is 3.71. The lowest BCUT2D eigenvalue weighted by atomic mass is 9.88. The minimum Gasteiger partial charge on any atom is -0.462 e. The van der Waals surface area contributed by atoms with Gasteiger partial charge in [-0.15, -0.1) is 11.3 Å². The second-order valence-electron chi connectivity index (χ2n) is 7.47. The summed E-state index contributed by atoms with van der Waals surface area (Å²) in [6, 6.07) is 14.5. The third kappa shape index (κ3) is 4.47. The van der Waals surface area contributed by atoms with Crippen LogP contribution in [0.3, 0.4) is 0 Å². The molecule has 2 aromatic carbocycles. The van der Waals surface area contributed by atoms with Crippen LogP contribution in [0.2, 0.25) is 0 Å². The van der Waals surface area contributed by atoms with Gasteiger partial charge in [0.05, 0.1) is 12.2 Å². The Kier molecular flexibility index (Phi) is 6.46. The number of esters is 2. The van der Waals surface area contributed by atoms with Crippen molar-refractivity contribution in [1.29, 1.82) is 0 Å². The predicted molar refractivity (Wildman–Crippen MR) is 124 cm³/mol. The first-order chi connectivity index (χ1) is 15.9. The maximum Gasteiger partial charge on any atom is 0.341 e. The van der Waals surface area contributed by atoms with Gasteiger partial charge in [-0.25, -0.2) is 4.79 Å². The van der Waals surface area contributed by atoms with Gasteiger partial charge in [0.25, 0.3) is 5.91 Å². The van der Waals surface area contributed by atoms with Gasteiger partial charge in [0.1, 0.15) is 22.4 Å². The third-order valence-corrected chi connectivity index (χ3v) is 6.50. The molecule has 0 atom stereocenters. The minimum absolute atomic E-state index is 0.228. The molecule has 0 fully saturated rings. The summed E-state index contributed by atoms with van der Waals surface area (Å²) in [5, 5.41) is 3.07. The molecule has 0 bridgehead atoms. The number of ether oxygens (including phenoxy) is 3. The third-order valence-electron chi connectivity index (χ3n) is 5.38. The van der Waals surface area contributed by atoms with Crippen LogP contribution in [0.4, 0.5) is 5.00 Å². The summed E-state index contributed by atoms with van der Waals surface area (Å²) in [5.74, 6) is -1.15. The number of thiophene rings is 1. The lowest BCUT2D eigenvalue weighted by Crippen LogP contribution is -2.26. The zero-order valence-electron chi connectivity index (χ0n) is 18.5. The van der Waals surface area contributed by atoms with Crippen LogP contribution in [0, 0.1) is 13.8 Å². The number of para-hydroxylation sites is 2. The van der Waals surface area contributed by atoms with Crippen molar-refractivity contribution in [3.63, 3.8) is 0 Å². The summed E-state index contributed by atoms with van der Waals surface area (Å²) in [6.45, 7) is 5.12. The molecule has 2 heterocycles. The highest BCUT2D eigenvalue weighted by Crippen LogP contribution is 2.44. The molecule has 1 aliphatic rings. The van der Waals surface area contributed by atoms with E-state index in [2.05, 4.69) is 5.32 Å². The topological polar surface area (TPSA) is 90.9 Å². The van der Waals surface area contributed by atoms with Crippen molar-refractivity contribution in [3.05, 3.63) is 75.7 Å². The van der Waals surface area contributed by atoms with Crippen LogP contribution in [0.25, 0.3) is 0 Å². The number of carbonyl (C=O) groups is 3. The lowest BCUT2D eigenvalue weighted by molar-refractivity contribution is -0.148. The van der Waals surface area contributed by atoms with Crippen LogP contribution in [0.15, 0.2) is 48.5 Å². The molecule has 8 heteroatoms. The van der Waals surface area contributed by atoms with Gasteiger partial charge in [-0.1, -0.05) is 36.4 Å². The smallest absolute Gasteiger partial charge is 0.341 e. The average molecular weight is 466 g/mol. The second kappa shape index (κ2) is 9.46. The van der Waals surface area contributed by atoms with E-state index in [0.717, 1.165) is 10.4 Å². The normalized spacial score (nSPS) is 12.2. The van der Waals surface area contributed by atoms with Crippen molar-refractivity contribution in [2.75, 3.05) is 18.5 Å². The number of hydrogen-bond acceptors (Lipinski definition) is 7. The molecule has 0 saturated heterocycles. The van der Waals surface area contributed by atoms with E-state index in [1.165, 1.54) is 11.3 Å². The molecule has 170 valence electrons. The fourth-order valence-corrected chi connectivity index (χ4v) is 4.78. The number of carbonyl (C=O) groups excluding carboxylic acids is 3. The molecular weight excluding hydrogens is 442 g/mol. The molecule has 33 heavy (non-hydrogen) atoms. The first-order valence-corrected chi connectivity index (χ1v) is 11.3. The number of anilines is 1. The predicted octanol–water partition coefficient (Wildman–Crippen LogP) is 4.96. The molecule has 7 nitrogen and oxygen atoms in total. The molecule has 1 aliphatic heterocycles. The van der Waals surface area contributed by atoms with Crippen LogP contribution in [0.1, 0.15) is 44.8 Å². The maximum atomic E-state index is 13.1. The molecule has 4 rings (SSSR count). The van der Waals surface area contributed by atoms with E-state index in [-0.39, 0.29) is 6.61 Å². The minimum atomic E-state index is -0.708. The number of fused-ring (bicyclic) bond motifs is 2. The van der Waals surface area contributed by atoms with Gasteiger partial charge in [-0.2, -0.15) is 0 Å². The first kappa shape index (κ1) is 22.5. The van der Waals surface area contributed by atoms with E-state index in [1.807, 2.05) is 31.2 Å². The number of benzene rings is 2. The standard InChI is InChI=1S/C25H23NO6S/c1-4-30-24(28)21-14(2)15(3)33-23(21)26-20(27)13-31-25(29)22-16-9-5-7-11-18(16)32-19-12-8-6-10-17(19)22/h5-12,22H,4,13H2,1-3H3,(H,26,27). The zero-order chi connectivity index (χ0) is 23.5. The average Bonchev–Trinajstić information content (AvgIpc) is 3.08. The molecule has 1 aromatic heterocycles. The van der Waals surface area contributed by atoms with E-state index in [4.69, 9.17) is 14.2 Å². The highest BCUT2D eigenvalue weighted by atomic mass is 32.1. The number of amides is 1. The highest BCUT2D eigenvalue weighted by Gasteiger charge is 2.34. The Morgan fingerprint density at radius 2 is 1.58 bits per heavy atom. The monoisotopic (exact) mass is 465 g/mol. The van der Waals surface area contributed by atoms with Gasteiger partial charge in [-0.05, 0) is 38.5 Å². The van der Waals surface area contributed by atoms with Crippen molar-refractivity contribution in [2.24, 2.45) is 0 Å². The fraction of sp³-hybridized carbons (Fsp3) is 0.240. The summed E-state index contributed by atoms with van der Waals surface area (Å²) in [6.07, 6.45) is 0. The Hall–Kier alpha value is -3.65. The van der Waals surface area contributed by atoms with E-state index in [0.29, 0.717) is 33.2 Å². The molecule has 0 saturated carbocycles. The molecule has 0 radical (unpaired) electrons. The Morgan fingerprint density at radius 3 is 2.18 bits per heavy atom. The number of hydrogen-bond donors (Lipinski definition) is 1. The van der Waals surface area contributed by atoms with Crippen molar-refractivity contribution in [3.8, 4) is 11.5 Å². The van der Waals surface area contributed by atoms with Crippen LogP contribution in [0.5, 0.6) is 11.5 Å². The second-order valence-corrected chi connectivity index (χ2v) is 8.70. The lowest BCUT2D eigenvalue weighted by Gasteiger charge is -2.26. The largest absolute Gasteiger partial charge is 0.462 e. The van der Waals surface area contributed by atoms with Crippen LogP contribution < -0.4 is 10.1 Å².